The molecule has 0 aromatic heterocycles. The minimum Gasteiger partial charge on any atom is -0.481 e. The van der Waals surface area contributed by atoms with Crippen molar-refractivity contribution in [3.8, 4) is 0 Å². The molecule has 0 radical (unpaired) electrons. The summed E-state index contributed by atoms with van der Waals surface area (Å²) in [6.45, 7) is 4.60. The first-order valence-corrected chi connectivity index (χ1v) is 15.1. The number of carbonyl (C=O) groups excluding carboxylic acids is 1. The molecule has 4 heteroatoms. The highest BCUT2D eigenvalue weighted by Crippen LogP contribution is 2.18. The van der Waals surface area contributed by atoms with Gasteiger partial charge in [-0.3, -0.25) is 9.59 Å². The number of allylic oxidation sites excluding steroid dienone is 2. The monoisotopic (exact) mass is 494 g/mol. The Morgan fingerprint density at radius 2 is 1.06 bits per heavy atom. The van der Waals surface area contributed by atoms with Crippen LogP contribution in [0.1, 0.15) is 162 Å². The molecular weight excluding hydrogens is 436 g/mol. The molecule has 0 spiro atoms. The minimum atomic E-state index is -0.919. The molecule has 0 heterocycles. The van der Waals surface area contributed by atoms with Crippen LogP contribution in [0.15, 0.2) is 12.2 Å². The van der Waals surface area contributed by atoms with Crippen LogP contribution in [-0.4, -0.2) is 23.7 Å². The fraction of sp³-hybridized carbons (Fsp3) is 0.871. The van der Waals surface area contributed by atoms with Crippen molar-refractivity contribution in [2.24, 2.45) is 5.92 Å². The van der Waals surface area contributed by atoms with Crippen molar-refractivity contribution in [2.75, 3.05) is 6.61 Å². The lowest BCUT2D eigenvalue weighted by molar-refractivity contribution is -0.153. The lowest BCUT2D eigenvalue weighted by Crippen LogP contribution is -2.21. The maximum absolute atomic E-state index is 12.0. The third kappa shape index (κ3) is 25.6. The van der Waals surface area contributed by atoms with E-state index in [1.54, 1.807) is 0 Å². The summed E-state index contributed by atoms with van der Waals surface area (Å²) < 4.78 is 5.15. The number of carboxylic acids is 1. The first kappa shape index (κ1) is 33.7. The summed E-state index contributed by atoms with van der Waals surface area (Å²) in [5, 5.41) is 9.02. The Labute approximate surface area is 217 Å². The van der Waals surface area contributed by atoms with Gasteiger partial charge in [-0.1, -0.05) is 129 Å². The summed E-state index contributed by atoms with van der Waals surface area (Å²) in [4.78, 5) is 23.0. The molecule has 1 unspecified atom stereocenters. The van der Waals surface area contributed by atoms with Gasteiger partial charge in [0.1, 0.15) is 0 Å². The second kappa shape index (κ2) is 27.3. The largest absolute Gasteiger partial charge is 0.481 e. The van der Waals surface area contributed by atoms with Crippen LogP contribution in [0.25, 0.3) is 0 Å². The van der Waals surface area contributed by atoms with Gasteiger partial charge in [-0.05, 0) is 38.5 Å². The SMILES string of the molecule is CCCCCCCCCCCC/C=C/CCCCCCCCCCC(CC(=O)O)C(=O)OCCC. The molecule has 0 saturated heterocycles. The van der Waals surface area contributed by atoms with Gasteiger partial charge in [-0.25, -0.2) is 0 Å². The second-order valence-electron chi connectivity index (χ2n) is 10.3. The van der Waals surface area contributed by atoms with Crippen molar-refractivity contribution in [1.82, 2.24) is 0 Å². The van der Waals surface area contributed by atoms with Crippen LogP contribution in [-0.2, 0) is 14.3 Å². The van der Waals surface area contributed by atoms with Crippen molar-refractivity contribution in [2.45, 2.75) is 162 Å². The average Bonchev–Trinajstić information content (AvgIpc) is 2.84. The smallest absolute Gasteiger partial charge is 0.309 e. The maximum Gasteiger partial charge on any atom is 0.309 e. The Balaban J connectivity index is 3.43. The first-order chi connectivity index (χ1) is 17.1. The molecule has 1 atom stereocenters. The van der Waals surface area contributed by atoms with Crippen molar-refractivity contribution in [3.63, 3.8) is 0 Å². The lowest BCUT2D eigenvalue weighted by Gasteiger charge is -2.13. The number of hydrogen-bond acceptors (Lipinski definition) is 3. The molecule has 0 bridgehead atoms. The van der Waals surface area contributed by atoms with E-state index in [9.17, 15) is 9.59 Å². The Morgan fingerprint density at radius 1 is 0.629 bits per heavy atom. The normalized spacial score (nSPS) is 12.3. The highest BCUT2D eigenvalue weighted by molar-refractivity contribution is 5.79. The molecule has 1 N–H and O–H groups in total. The number of hydrogen-bond donors (Lipinski definition) is 1. The molecule has 0 amide bonds. The third-order valence-corrected chi connectivity index (χ3v) is 6.77. The summed E-state index contributed by atoms with van der Waals surface area (Å²) in [5.74, 6) is -1.75. The summed E-state index contributed by atoms with van der Waals surface area (Å²) in [6.07, 6.45) is 32.2. The number of aliphatic carboxylic acids is 1. The van der Waals surface area contributed by atoms with E-state index in [4.69, 9.17) is 9.84 Å². The number of rotatable bonds is 27. The summed E-state index contributed by atoms with van der Waals surface area (Å²) in [7, 11) is 0. The van der Waals surface area contributed by atoms with E-state index < -0.39 is 11.9 Å². The van der Waals surface area contributed by atoms with E-state index in [1.807, 2.05) is 6.92 Å². The molecule has 206 valence electrons. The summed E-state index contributed by atoms with van der Waals surface area (Å²) >= 11 is 0. The Bertz CT molecular complexity index is 500. The van der Waals surface area contributed by atoms with Gasteiger partial charge >= 0.3 is 11.9 Å². The molecule has 0 aliphatic heterocycles. The van der Waals surface area contributed by atoms with Gasteiger partial charge in [-0.2, -0.15) is 0 Å². The number of unbranched alkanes of at least 4 members (excludes halogenated alkanes) is 18. The van der Waals surface area contributed by atoms with Crippen molar-refractivity contribution < 1.29 is 19.4 Å². The zero-order chi connectivity index (χ0) is 25.8. The maximum atomic E-state index is 12.0. The van der Waals surface area contributed by atoms with Crippen LogP contribution >= 0.6 is 0 Å². The number of carbonyl (C=O) groups is 2. The van der Waals surface area contributed by atoms with E-state index in [1.165, 1.54) is 116 Å². The molecule has 0 aromatic rings. The second-order valence-corrected chi connectivity index (χ2v) is 10.3. The van der Waals surface area contributed by atoms with Crippen LogP contribution in [0.4, 0.5) is 0 Å². The molecule has 35 heavy (non-hydrogen) atoms. The van der Waals surface area contributed by atoms with E-state index in [0.717, 1.165) is 19.3 Å². The molecule has 0 aliphatic rings. The Morgan fingerprint density at radius 3 is 1.49 bits per heavy atom. The van der Waals surface area contributed by atoms with Gasteiger partial charge in [0.25, 0.3) is 0 Å². The molecule has 0 aromatic carbocycles. The topological polar surface area (TPSA) is 63.6 Å². The minimum absolute atomic E-state index is 0.115. The van der Waals surface area contributed by atoms with Crippen molar-refractivity contribution >= 4 is 11.9 Å². The highest BCUT2D eigenvalue weighted by Gasteiger charge is 2.22. The zero-order valence-corrected chi connectivity index (χ0v) is 23.4. The van der Waals surface area contributed by atoms with Crippen molar-refractivity contribution in [1.29, 1.82) is 0 Å². The molecule has 4 nitrogen and oxygen atoms in total. The van der Waals surface area contributed by atoms with Crippen molar-refractivity contribution in [3.05, 3.63) is 12.2 Å². The average molecular weight is 495 g/mol. The van der Waals surface area contributed by atoms with Crippen LogP contribution in [0.3, 0.4) is 0 Å². The van der Waals surface area contributed by atoms with Gasteiger partial charge in [0.2, 0.25) is 0 Å². The standard InChI is InChI=1S/C31H58O4/c1-3-5-6-7-8-9-10-11-12-13-14-15-16-17-18-19-20-21-22-23-24-25-26-29(28-30(32)33)31(34)35-27-4-2/h15-16,29H,3-14,17-28H2,1-2H3,(H,32,33)/b16-15+. The van der Waals surface area contributed by atoms with Crippen LogP contribution in [0, 0.1) is 5.92 Å². The Hall–Kier alpha value is -1.32. The molecule has 0 aliphatic carbocycles. The fourth-order valence-corrected chi connectivity index (χ4v) is 4.53. The van der Waals surface area contributed by atoms with E-state index in [-0.39, 0.29) is 12.4 Å². The van der Waals surface area contributed by atoms with Crippen LogP contribution in [0.5, 0.6) is 0 Å². The Kier molecular flexibility index (Phi) is 26.2. The molecular formula is C31H58O4. The van der Waals surface area contributed by atoms with Gasteiger partial charge in [0, 0.05) is 0 Å². The number of ether oxygens (including phenoxy) is 1. The molecule has 0 rings (SSSR count). The number of esters is 1. The molecule has 0 fully saturated rings. The number of carboxylic acid groups (broad SMARTS) is 1. The van der Waals surface area contributed by atoms with Gasteiger partial charge in [0.05, 0.1) is 18.9 Å². The predicted octanol–water partition coefficient (Wildman–Crippen LogP) is 9.80. The van der Waals surface area contributed by atoms with E-state index in [0.29, 0.717) is 13.0 Å². The predicted molar refractivity (Wildman–Crippen MR) is 149 cm³/mol. The van der Waals surface area contributed by atoms with Gasteiger partial charge in [0.15, 0.2) is 0 Å². The van der Waals surface area contributed by atoms with Gasteiger partial charge < -0.3 is 9.84 Å². The summed E-state index contributed by atoms with van der Waals surface area (Å²) in [5.41, 5.74) is 0. The lowest BCUT2D eigenvalue weighted by atomic mass is 9.97. The van der Waals surface area contributed by atoms with E-state index >= 15 is 0 Å². The van der Waals surface area contributed by atoms with Crippen LogP contribution in [0.2, 0.25) is 0 Å². The quantitative estimate of drug-likeness (QED) is 0.0701. The molecule has 0 saturated carbocycles. The van der Waals surface area contributed by atoms with E-state index in [2.05, 4.69) is 19.1 Å². The summed E-state index contributed by atoms with van der Waals surface area (Å²) in [6, 6.07) is 0. The highest BCUT2D eigenvalue weighted by atomic mass is 16.5. The zero-order valence-electron chi connectivity index (χ0n) is 23.4. The third-order valence-electron chi connectivity index (χ3n) is 6.77. The first-order valence-electron chi connectivity index (χ1n) is 15.1. The van der Waals surface area contributed by atoms with Gasteiger partial charge in [-0.15, -0.1) is 0 Å². The fourth-order valence-electron chi connectivity index (χ4n) is 4.53. The van der Waals surface area contributed by atoms with Crippen LogP contribution < -0.4 is 0 Å².